The molecule has 0 unspecified atom stereocenters. The Labute approximate surface area is 175 Å². The van der Waals surface area contributed by atoms with Crippen LogP contribution >= 0.6 is 11.6 Å². The third kappa shape index (κ3) is 3.91. The number of pyridine rings is 1. The van der Waals surface area contributed by atoms with Gasteiger partial charge in [-0.2, -0.15) is 0 Å². The summed E-state index contributed by atoms with van der Waals surface area (Å²) >= 11 is 6.04. The molecule has 2 aliphatic heterocycles. The first-order chi connectivity index (χ1) is 14.1. The van der Waals surface area contributed by atoms with E-state index in [1.165, 1.54) is 4.90 Å². The summed E-state index contributed by atoms with van der Waals surface area (Å²) in [6.45, 7) is 6.55. The van der Waals surface area contributed by atoms with Crippen molar-refractivity contribution in [1.82, 2.24) is 19.7 Å². The number of likely N-dealkylation sites (N-methyl/N-ethyl adjacent to an activating group) is 1. The van der Waals surface area contributed by atoms with Gasteiger partial charge in [-0.05, 0) is 41.9 Å². The number of aromatic nitrogens is 1. The van der Waals surface area contributed by atoms with Crippen molar-refractivity contribution in [2.75, 3.05) is 32.7 Å². The third-order valence-electron chi connectivity index (χ3n) is 5.50. The number of halogens is 1. The first kappa shape index (κ1) is 19.6. The number of hydrogen-bond donors (Lipinski definition) is 0. The number of benzene rings is 1. The molecular formula is C22H23ClN4O2. The van der Waals surface area contributed by atoms with Crippen LogP contribution < -0.4 is 0 Å². The second kappa shape index (κ2) is 8.35. The lowest BCUT2D eigenvalue weighted by Crippen LogP contribution is -2.47. The lowest BCUT2D eigenvalue weighted by atomic mass is 10.0. The molecule has 7 heteroatoms. The molecule has 150 valence electrons. The molecule has 6 nitrogen and oxygen atoms in total. The minimum Gasteiger partial charge on any atom is -0.364 e. The average molecular weight is 411 g/mol. The Morgan fingerprint density at radius 2 is 1.59 bits per heavy atom. The average Bonchev–Trinajstić information content (AvgIpc) is 3.00. The van der Waals surface area contributed by atoms with Gasteiger partial charge in [0.1, 0.15) is 5.70 Å². The number of hydrogen-bond acceptors (Lipinski definition) is 5. The molecule has 0 N–H and O–H groups in total. The van der Waals surface area contributed by atoms with Crippen molar-refractivity contribution in [1.29, 1.82) is 0 Å². The Kier molecular flexibility index (Phi) is 5.65. The van der Waals surface area contributed by atoms with Crippen LogP contribution in [0.1, 0.15) is 18.1 Å². The number of carbonyl (C=O) groups is 2. The van der Waals surface area contributed by atoms with Gasteiger partial charge in [-0.1, -0.05) is 30.7 Å². The predicted molar refractivity (Wildman–Crippen MR) is 112 cm³/mol. The van der Waals surface area contributed by atoms with E-state index in [0.717, 1.165) is 43.9 Å². The highest BCUT2D eigenvalue weighted by Gasteiger charge is 2.42. The highest BCUT2D eigenvalue weighted by molar-refractivity contribution is 6.35. The molecular weight excluding hydrogens is 388 g/mol. The van der Waals surface area contributed by atoms with Crippen LogP contribution in [0.15, 0.2) is 54.5 Å². The number of rotatable bonds is 5. The molecule has 0 aliphatic carbocycles. The van der Waals surface area contributed by atoms with Gasteiger partial charge in [-0.3, -0.25) is 19.5 Å². The van der Waals surface area contributed by atoms with Crippen LogP contribution in [0.5, 0.6) is 0 Å². The van der Waals surface area contributed by atoms with Gasteiger partial charge in [0.05, 0.1) is 12.1 Å². The molecule has 0 atom stereocenters. The maximum absolute atomic E-state index is 13.4. The number of imide groups is 1. The fourth-order valence-corrected chi connectivity index (χ4v) is 3.96. The van der Waals surface area contributed by atoms with Gasteiger partial charge in [-0.25, -0.2) is 0 Å². The molecule has 0 spiro atoms. The van der Waals surface area contributed by atoms with Gasteiger partial charge in [0, 0.05) is 43.6 Å². The van der Waals surface area contributed by atoms with Crippen molar-refractivity contribution in [3.05, 3.63) is 70.6 Å². The lowest BCUT2D eigenvalue weighted by Gasteiger charge is -2.36. The van der Waals surface area contributed by atoms with Crippen LogP contribution in [0, 0.1) is 0 Å². The second-order valence-corrected chi connectivity index (χ2v) is 7.64. The maximum Gasteiger partial charge on any atom is 0.278 e. The van der Waals surface area contributed by atoms with Crippen LogP contribution in [0.4, 0.5) is 0 Å². The third-order valence-corrected chi connectivity index (χ3v) is 5.75. The molecule has 2 aliphatic rings. The van der Waals surface area contributed by atoms with Crippen molar-refractivity contribution in [3.63, 3.8) is 0 Å². The monoisotopic (exact) mass is 410 g/mol. The minimum atomic E-state index is -0.262. The number of piperazine rings is 1. The van der Waals surface area contributed by atoms with Gasteiger partial charge >= 0.3 is 0 Å². The maximum atomic E-state index is 13.4. The number of amides is 2. The second-order valence-electron chi connectivity index (χ2n) is 7.20. The van der Waals surface area contributed by atoms with Gasteiger partial charge in [0.15, 0.2) is 0 Å². The van der Waals surface area contributed by atoms with E-state index in [1.807, 2.05) is 12.1 Å². The van der Waals surface area contributed by atoms with E-state index in [9.17, 15) is 9.59 Å². The largest absolute Gasteiger partial charge is 0.364 e. The van der Waals surface area contributed by atoms with E-state index in [4.69, 9.17) is 11.6 Å². The predicted octanol–water partition coefficient (Wildman–Crippen LogP) is 2.65. The summed E-state index contributed by atoms with van der Waals surface area (Å²) in [4.78, 5) is 36.5. The summed E-state index contributed by atoms with van der Waals surface area (Å²) in [5.74, 6) is -0.497. The quantitative estimate of drug-likeness (QED) is 0.709. The summed E-state index contributed by atoms with van der Waals surface area (Å²) in [6.07, 6.45) is 3.33. The standard InChI is InChI=1S/C22H23ClN4O2/c1-2-25-11-13-26(14-12-25)20-19(17-3-5-18(23)6-4-17)21(28)27(22(20)29)15-16-7-9-24-10-8-16/h3-10H,2,11-15H2,1H3. The zero-order valence-electron chi connectivity index (χ0n) is 16.3. The summed E-state index contributed by atoms with van der Waals surface area (Å²) in [7, 11) is 0. The zero-order chi connectivity index (χ0) is 20.4. The van der Waals surface area contributed by atoms with Crippen LogP contribution in [-0.2, 0) is 16.1 Å². The zero-order valence-corrected chi connectivity index (χ0v) is 17.1. The Morgan fingerprint density at radius 1 is 0.931 bits per heavy atom. The van der Waals surface area contributed by atoms with Crippen LogP contribution in [0.2, 0.25) is 5.02 Å². The van der Waals surface area contributed by atoms with E-state index in [1.54, 1.807) is 36.7 Å². The molecule has 3 heterocycles. The molecule has 0 bridgehead atoms. The molecule has 1 aromatic heterocycles. The first-order valence-electron chi connectivity index (χ1n) is 9.81. The van der Waals surface area contributed by atoms with E-state index >= 15 is 0 Å². The Morgan fingerprint density at radius 3 is 2.21 bits per heavy atom. The van der Waals surface area contributed by atoms with E-state index in [0.29, 0.717) is 16.3 Å². The van der Waals surface area contributed by atoms with E-state index in [2.05, 4.69) is 21.7 Å². The Hall–Kier alpha value is -2.70. The SMILES string of the molecule is CCN1CCN(C2=C(c3ccc(Cl)cc3)C(=O)N(Cc3ccncc3)C2=O)CC1. The van der Waals surface area contributed by atoms with Gasteiger partial charge in [-0.15, -0.1) is 0 Å². The van der Waals surface area contributed by atoms with Gasteiger partial charge in [0.2, 0.25) is 0 Å². The molecule has 29 heavy (non-hydrogen) atoms. The van der Waals surface area contributed by atoms with Crippen LogP contribution in [0.25, 0.3) is 5.57 Å². The van der Waals surface area contributed by atoms with Gasteiger partial charge in [0.25, 0.3) is 11.8 Å². The Bertz CT molecular complexity index is 935. The first-order valence-corrected chi connectivity index (χ1v) is 10.2. The van der Waals surface area contributed by atoms with Crippen LogP contribution in [0.3, 0.4) is 0 Å². The highest BCUT2D eigenvalue weighted by Crippen LogP contribution is 2.33. The lowest BCUT2D eigenvalue weighted by molar-refractivity contribution is -0.138. The van der Waals surface area contributed by atoms with Crippen molar-refractivity contribution in [2.24, 2.45) is 0 Å². The van der Waals surface area contributed by atoms with E-state index < -0.39 is 0 Å². The molecule has 4 rings (SSSR count). The summed E-state index contributed by atoms with van der Waals surface area (Å²) in [5, 5.41) is 0.595. The highest BCUT2D eigenvalue weighted by atomic mass is 35.5. The fourth-order valence-electron chi connectivity index (χ4n) is 3.84. The molecule has 1 saturated heterocycles. The normalized spacial score (nSPS) is 18.1. The summed E-state index contributed by atoms with van der Waals surface area (Å²) in [5.41, 5.74) is 2.56. The molecule has 2 aromatic rings. The smallest absolute Gasteiger partial charge is 0.278 e. The van der Waals surface area contributed by atoms with Gasteiger partial charge < -0.3 is 9.80 Å². The van der Waals surface area contributed by atoms with Crippen molar-refractivity contribution >= 4 is 29.0 Å². The molecule has 2 amide bonds. The van der Waals surface area contributed by atoms with Crippen molar-refractivity contribution in [2.45, 2.75) is 13.5 Å². The molecule has 1 fully saturated rings. The van der Waals surface area contributed by atoms with Crippen LogP contribution in [-0.4, -0.2) is 64.2 Å². The topological polar surface area (TPSA) is 56.8 Å². The molecule has 1 aromatic carbocycles. The number of carbonyl (C=O) groups excluding carboxylic acids is 2. The van der Waals surface area contributed by atoms with Crippen molar-refractivity contribution in [3.8, 4) is 0 Å². The Balaban J connectivity index is 1.70. The van der Waals surface area contributed by atoms with E-state index in [-0.39, 0.29) is 18.4 Å². The molecule has 0 saturated carbocycles. The summed E-state index contributed by atoms with van der Waals surface area (Å²) < 4.78 is 0. The number of nitrogens with zero attached hydrogens (tertiary/aromatic N) is 4. The fraction of sp³-hybridized carbons (Fsp3) is 0.318. The molecule has 0 radical (unpaired) electrons. The minimum absolute atomic E-state index is 0.232. The van der Waals surface area contributed by atoms with Crippen molar-refractivity contribution < 1.29 is 9.59 Å². The summed E-state index contributed by atoms with van der Waals surface area (Å²) in [6, 6.07) is 10.8.